The molecule has 0 heterocycles. The predicted octanol–water partition coefficient (Wildman–Crippen LogP) is 8.65. The lowest BCUT2D eigenvalue weighted by Gasteiger charge is -2.35. The lowest BCUT2D eigenvalue weighted by molar-refractivity contribution is -0.396. The van der Waals surface area contributed by atoms with Crippen molar-refractivity contribution in [2.24, 2.45) is 0 Å². The van der Waals surface area contributed by atoms with Gasteiger partial charge in [0.05, 0.1) is 0 Å². The molecule has 2 aromatic carbocycles. The van der Waals surface area contributed by atoms with Crippen LogP contribution in [0.15, 0.2) is 54.6 Å². The predicted molar refractivity (Wildman–Crippen MR) is 100 cm³/mol. The van der Waals surface area contributed by atoms with Gasteiger partial charge in [-0.3, -0.25) is 0 Å². The Bertz CT molecular complexity index is 902. The molecular weight excluding hydrogens is 482 g/mol. The molecule has 170 valence electrons. The van der Waals surface area contributed by atoms with Crippen LogP contribution in [0.1, 0.15) is 23.5 Å². The van der Waals surface area contributed by atoms with Gasteiger partial charge >= 0.3 is 23.9 Å². The van der Waals surface area contributed by atoms with Crippen LogP contribution in [-0.4, -0.2) is 23.9 Å². The molecule has 0 N–H and O–H groups in total. The van der Waals surface area contributed by atoms with Crippen molar-refractivity contribution in [1.29, 1.82) is 0 Å². The second-order valence-electron chi connectivity index (χ2n) is 6.62. The van der Waals surface area contributed by atoms with Gasteiger partial charge in [-0.2, -0.15) is 39.5 Å². The van der Waals surface area contributed by atoms with Crippen molar-refractivity contribution in [2.75, 3.05) is 0 Å². The Morgan fingerprint density at radius 1 is 0.677 bits per heavy atom. The van der Waals surface area contributed by atoms with Gasteiger partial charge in [-0.1, -0.05) is 59.6 Å². The van der Waals surface area contributed by atoms with E-state index in [-0.39, 0.29) is 10.6 Å². The van der Waals surface area contributed by atoms with Gasteiger partial charge < -0.3 is 0 Å². The molecule has 0 aliphatic rings. The molecule has 0 saturated heterocycles. The summed E-state index contributed by atoms with van der Waals surface area (Å²) >= 11 is 11.4. The molecule has 0 fully saturated rings. The summed E-state index contributed by atoms with van der Waals surface area (Å²) in [7, 11) is 0. The second kappa shape index (κ2) is 8.94. The standard InChI is InChI=1S/C20H13Cl2F9/c21-15-7-2-12(3-8-15)1-4-14(13-5-9-16(22)10-6-13)11-17(23,24)18(25,26)19(27,28)20(29,30)31/h1-10,14H,11H2/b4-1+. The van der Waals surface area contributed by atoms with Gasteiger partial charge in [-0.25, -0.2) is 0 Å². The molecule has 11 heteroatoms. The monoisotopic (exact) mass is 494 g/mol. The highest BCUT2D eigenvalue weighted by Crippen LogP contribution is 2.55. The number of hydrogen-bond donors (Lipinski definition) is 0. The fourth-order valence-electron chi connectivity index (χ4n) is 2.62. The first-order chi connectivity index (χ1) is 14.1. The van der Waals surface area contributed by atoms with E-state index in [0.717, 1.165) is 6.08 Å². The number of benzene rings is 2. The fourth-order valence-corrected chi connectivity index (χ4v) is 2.87. The zero-order valence-corrected chi connectivity index (χ0v) is 16.7. The van der Waals surface area contributed by atoms with E-state index in [4.69, 9.17) is 23.2 Å². The minimum Gasteiger partial charge on any atom is -0.200 e. The highest BCUT2D eigenvalue weighted by Gasteiger charge is 2.81. The van der Waals surface area contributed by atoms with E-state index in [1.807, 2.05) is 0 Å². The van der Waals surface area contributed by atoms with Crippen molar-refractivity contribution in [3.8, 4) is 0 Å². The topological polar surface area (TPSA) is 0 Å². The summed E-state index contributed by atoms with van der Waals surface area (Å²) in [5.74, 6) is -21.0. The van der Waals surface area contributed by atoms with Gasteiger partial charge in [0, 0.05) is 22.4 Å². The minimum atomic E-state index is -6.94. The maximum absolute atomic E-state index is 14.2. The number of allylic oxidation sites excluding steroid dienone is 1. The zero-order valence-electron chi connectivity index (χ0n) is 15.2. The number of hydrogen-bond acceptors (Lipinski definition) is 0. The van der Waals surface area contributed by atoms with E-state index < -0.39 is 36.3 Å². The molecule has 0 aliphatic heterocycles. The first-order valence-electron chi connectivity index (χ1n) is 8.48. The normalized spacial score (nSPS) is 14.8. The molecule has 1 atom stereocenters. The summed E-state index contributed by atoms with van der Waals surface area (Å²) < 4.78 is 119. The Labute approximate surface area is 181 Å². The Hall–Kier alpha value is -1.87. The smallest absolute Gasteiger partial charge is 0.200 e. The van der Waals surface area contributed by atoms with E-state index >= 15 is 0 Å². The number of rotatable bonds is 7. The average molecular weight is 495 g/mol. The van der Waals surface area contributed by atoms with E-state index in [1.54, 1.807) is 0 Å². The zero-order chi connectivity index (χ0) is 23.7. The summed E-state index contributed by atoms with van der Waals surface area (Å²) in [6, 6.07) is 10.6. The van der Waals surface area contributed by atoms with Crippen LogP contribution in [-0.2, 0) is 0 Å². The Morgan fingerprint density at radius 2 is 1.13 bits per heavy atom. The third-order valence-electron chi connectivity index (χ3n) is 4.38. The van der Waals surface area contributed by atoms with Gasteiger partial charge in [-0.15, -0.1) is 0 Å². The quantitative estimate of drug-likeness (QED) is 0.338. The third kappa shape index (κ3) is 5.49. The van der Waals surface area contributed by atoms with Crippen LogP contribution in [0.4, 0.5) is 39.5 Å². The van der Waals surface area contributed by atoms with E-state index in [0.29, 0.717) is 10.6 Å². The summed E-state index contributed by atoms with van der Waals surface area (Å²) in [6.45, 7) is 0. The fraction of sp³-hybridized carbons (Fsp3) is 0.300. The molecule has 0 amide bonds. The molecule has 0 aromatic heterocycles. The maximum atomic E-state index is 14.2. The van der Waals surface area contributed by atoms with Crippen LogP contribution in [0.25, 0.3) is 6.08 Å². The largest absolute Gasteiger partial charge is 0.460 e. The molecule has 0 bridgehead atoms. The maximum Gasteiger partial charge on any atom is 0.460 e. The molecule has 0 radical (unpaired) electrons. The molecule has 0 spiro atoms. The summed E-state index contributed by atoms with van der Waals surface area (Å²) in [5, 5.41) is 0.525. The Balaban J connectivity index is 2.43. The van der Waals surface area contributed by atoms with Gasteiger partial charge in [0.15, 0.2) is 0 Å². The summed E-state index contributed by atoms with van der Waals surface area (Å²) in [4.78, 5) is 0. The first-order valence-corrected chi connectivity index (χ1v) is 9.23. The average Bonchev–Trinajstić information content (AvgIpc) is 2.66. The van der Waals surface area contributed by atoms with Crippen molar-refractivity contribution in [2.45, 2.75) is 36.3 Å². The SMILES string of the molecule is FC(F)(F)C(F)(F)C(F)(F)C(F)(F)CC(/C=C/c1ccc(Cl)cc1)c1ccc(Cl)cc1. The van der Waals surface area contributed by atoms with Gasteiger partial charge in [0.2, 0.25) is 0 Å². The molecule has 0 aliphatic carbocycles. The molecule has 31 heavy (non-hydrogen) atoms. The van der Waals surface area contributed by atoms with E-state index in [2.05, 4.69) is 0 Å². The van der Waals surface area contributed by atoms with Gasteiger partial charge in [0.25, 0.3) is 0 Å². The number of halogens is 11. The lowest BCUT2D eigenvalue weighted by atomic mass is 9.88. The van der Waals surface area contributed by atoms with E-state index in [1.165, 1.54) is 54.6 Å². The second-order valence-corrected chi connectivity index (χ2v) is 7.50. The molecule has 0 saturated carbocycles. The molecule has 2 aromatic rings. The van der Waals surface area contributed by atoms with Gasteiger partial charge in [-0.05, 0) is 35.4 Å². The van der Waals surface area contributed by atoms with E-state index in [9.17, 15) is 39.5 Å². The summed E-state index contributed by atoms with van der Waals surface area (Å²) in [6.07, 6.45) is -6.65. The van der Waals surface area contributed by atoms with Crippen molar-refractivity contribution in [3.05, 3.63) is 75.8 Å². The van der Waals surface area contributed by atoms with Crippen LogP contribution in [0.2, 0.25) is 10.0 Å². The van der Waals surface area contributed by atoms with Crippen LogP contribution >= 0.6 is 23.2 Å². The molecular formula is C20H13Cl2F9. The first kappa shape index (κ1) is 25.4. The molecule has 1 unspecified atom stereocenters. The van der Waals surface area contributed by atoms with Crippen LogP contribution in [0, 0.1) is 0 Å². The van der Waals surface area contributed by atoms with Crippen molar-refractivity contribution in [1.82, 2.24) is 0 Å². The van der Waals surface area contributed by atoms with Crippen molar-refractivity contribution >= 4 is 29.3 Å². The lowest BCUT2D eigenvalue weighted by Crippen LogP contribution is -2.61. The van der Waals surface area contributed by atoms with Crippen LogP contribution in [0.5, 0.6) is 0 Å². The number of alkyl halides is 9. The van der Waals surface area contributed by atoms with Crippen LogP contribution in [0.3, 0.4) is 0 Å². The molecule has 0 nitrogen and oxygen atoms in total. The summed E-state index contributed by atoms with van der Waals surface area (Å²) in [5.41, 5.74) is 0.361. The molecule has 2 rings (SSSR count). The Morgan fingerprint density at radius 3 is 1.58 bits per heavy atom. The minimum absolute atomic E-state index is 0.0413. The van der Waals surface area contributed by atoms with Crippen LogP contribution < -0.4 is 0 Å². The van der Waals surface area contributed by atoms with Gasteiger partial charge in [0.1, 0.15) is 0 Å². The van der Waals surface area contributed by atoms with Crippen molar-refractivity contribution < 1.29 is 39.5 Å². The highest BCUT2D eigenvalue weighted by atomic mass is 35.5. The van der Waals surface area contributed by atoms with Crippen molar-refractivity contribution in [3.63, 3.8) is 0 Å². The Kier molecular flexibility index (Phi) is 7.32. The highest BCUT2D eigenvalue weighted by molar-refractivity contribution is 6.30. The third-order valence-corrected chi connectivity index (χ3v) is 4.88.